The Kier molecular flexibility index (Phi) is 7.80. The Morgan fingerprint density at radius 1 is 1.39 bits per heavy atom. The molecule has 0 radical (unpaired) electrons. The Hall–Kier alpha value is -0.340. The van der Waals surface area contributed by atoms with E-state index in [-0.39, 0.29) is 12.4 Å². The van der Waals surface area contributed by atoms with Crippen LogP contribution in [0.15, 0.2) is 27.6 Å². The number of hydrogen-bond donors (Lipinski definition) is 1. The second-order valence-electron chi connectivity index (χ2n) is 5.94. The van der Waals surface area contributed by atoms with Crippen molar-refractivity contribution in [1.29, 1.82) is 0 Å². The van der Waals surface area contributed by atoms with E-state index in [1.165, 1.54) is 0 Å². The molecule has 1 aromatic carbocycles. The minimum absolute atomic E-state index is 0. The van der Waals surface area contributed by atoms with Gasteiger partial charge in [-0.15, -0.1) is 12.4 Å². The number of rotatable bonds is 5. The van der Waals surface area contributed by atoms with Crippen LogP contribution in [-0.4, -0.2) is 53.5 Å². The van der Waals surface area contributed by atoms with Crippen LogP contribution in [-0.2, 0) is 10.0 Å². The van der Waals surface area contributed by atoms with Crippen LogP contribution in [0.4, 0.5) is 5.69 Å². The van der Waals surface area contributed by atoms with Crippen molar-refractivity contribution in [3.05, 3.63) is 22.7 Å². The van der Waals surface area contributed by atoms with E-state index >= 15 is 0 Å². The molecule has 2 rings (SSSR count). The van der Waals surface area contributed by atoms with E-state index < -0.39 is 10.0 Å². The largest absolute Gasteiger partial charge is 0.378 e. The Morgan fingerprint density at radius 2 is 2.09 bits per heavy atom. The summed E-state index contributed by atoms with van der Waals surface area (Å²) in [4.78, 5) is 2.26. The summed E-state index contributed by atoms with van der Waals surface area (Å²) >= 11 is 3.39. The summed E-state index contributed by atoms with van der Waals surface area (Å²) in [5.41, 5.74) is 0.880. The number of halogens is 2. The molecular formula is C15H25BrClN3O2S. The van der Waals surface area contributed by atoms with Crippen molar-refractivity contribution in [3.63, 3.8) is 0 Å². The smallest absolute Gasteiger partial charge is 0.244 e. The third-order valence-electron chi connectivity index (χ3n) is 4.02. The highest BCUT2D eigenvalue weighted by molar-refractivity contribution is 9.10. The van der Waals surface area contributed by atoms with Gasteiger partial charge in [0.2, 0.25) is 10.0 Å². The van der Waals surface area contributed by atoms with E-state index in [0.717, 1.165) is 25.1 Å². The van der Waals surface area contributed by atoms with E-state index in [4.69, 9.17) is 0 Å². The Balaban J connectivity index is 0.00000264. The second kappa shape index (κ2) is 8.67. The van der Waals surface area contributed by atoms with Gasteiger partial charge in [-0.05, 0) is 66.5 Å². The molecule has 0 saturated carbocycles. The molecule has 0 amide bonds. The maximum absolute atomic E-state index is 13.0. The molecule has 1 saturated heterocycles. The first-order chi connectivity index (χ1) is 10.4. The van der Waals surface area contributed by atoms with E-state index in [1.807, 2.05) is 32.1 Å². The molecule has 0 bridgehead atoms. The van der Waals surface area contributed by atoms with Crippen LogP contribution in [0.2, 0.25) is 0 Å². The SMILES string of the molecule is CNCC1CCCN(S(=O)(=O)c2cc(N(C)C)ccc2Br)C1.Cl. The lowest BCUT2D eigenvalue weighted by Gasteiger charge is -2.32. The van der Waals surface area contributed by atoms with Crippen LogP contribution in [0, 0.1) is 5.92 Å². The highest BCUT2D eigenvalue weighted by Crippen LogP contribution is 2.31. The topological polar surface area (TPSA) is 52.7 Å². The highest BCUT2D eigenvalue weighted by Gasteiger charge is 2.31. The average molecular weight is 427 g/mol. The van der Waals surface area contributed by atoms with Gasteiger partial charge in [-0.2, -0.15) is 4.31 Å². The van der Waals surface area contributed by atoms with Gasteiger partial charge in [-0.1, -0.05) is 0 Å². The van der Waals surface area contributed by atoms with Crippen LogP contribution in [0.5, 0.6) is 0 Å². The van der Waals surface area contributed by atoms with Gasteiger partial charge >= 0.3 is 0 Å². The fraction of sp³-hybridized carbons (Fsp3) is 0.600. The minimum Gasteiger partial charge on any atom is -0.378 e. The lowest BCUT2D eigenvalue weighted by atomic mass is 10.00. The molecule has 0 aliphatic carbocycles. The van der Waals surface area contributed by atoms with Crippen molar-refractivity contribution in [3.8, 4) is 0 Å². The molecule has 1 atom stereocenters. The molecule has 1 aliphatic rings. The first-order valence-corrected chi connectivity index (χ1v) is 9.71. The van der Waals surface area contributed by atoms with Gasteiger partial charge in [-0.25, -0.2) is 8.42 Å². The maximum Gasteiger partial charge on any atom is 0.244 e. The van der Waals surface area contributed by atoms with Crippen molar-refractivity contribution < 1.29 is 8.42 Å². The van der Waals surface area contributed by atoms with Crippen LogP contribution < -0.4 is 10.2 Å². The van der Waals surface area contributed by atoms with Gasteiger partial charge < -0.3 is 10.2 Å². The van der Waals surface area contributed by atoms with E-state index in [9.17, 15) is 8.42 Å². The highest BCUT2D eigenvalue weighted by atomic mass is 79.9. The summed E-state index contributed by atoms with van der Waals surface area (Å²) in [5.74, 6) is 0.379. The van der Waals surface area contributed by atoms with Gasteiger partial charge in [0, 0.05) is 37.3 Å². The first kappa shape index (κ1) is 20.7. The van der Waals surface area contributed by atoms with Gasteiger partial charge in [0.15, 0.2) is 0 Å². The molecule has 0 spiro atoms. The fourth-order valence-electron chi connectivity index (χ4n) is 2.81. The summed E-state index contributed by atoms with van der Waals surface area (Å²) < 4.78 is 28.2. The van der Waals surface area contributed by atoms with Gasteiger partial charge in [0.25, 0.3) is 0 Å². The number of nitrogens with one attached hydrogen (secondary N) is 1. The molecule has 1 aromatic rings. The molecule has 23 heavy (non-hydrogen) atoms. The normalized spacial score (nSPS) is 19.2. The van der Waals surface area contributed by atoms with Gasteiger partial charge in [0.05, 0.1) is 4.90 Å². The first-order valence-electron chi connectivity index (χ1n) is 7.48. The van der Waals surface area contributed by atoms with Gasteiger partial charge in [0.1, 0.15) is 0 Å². The Labute approximate surface area is 154 Å². The van der Waals surface area contributed by atoms with Crippen molar-refractivity contribution in [2.75, 3.05) is 45.7 Å². The molecule has 132 valence electrons. The molecular weight excluding hydrogens is 402 g/mol. The molecule has 1 fully saturated rings. The third-order valence-corrected chi connectivity index (χ3v) is 6.88. The lowest BCUT2D eigenvalue weighted by Crippen LogP contribution is -2.42. The monoisotopic (exact) mass is 425 g/mol. The van der Waals surface area contributed by atoms with Crippen LogP contribution in [0.25, 0.3) is 0 Å². The minimum atomic E-state index is -3.47. The summed E-state index contributed by atoms with van der Waals surface area (Å²) in [6.07, 6.45) is 1.99. The fourth-order valence-corrected chi connectivity index (χ4v) is 5.31. The predicted molar refractivity (Wildman–Crippen MR) is 101 cm³/mol. The summed E-state index contributed by atoms with van der Waals surface area (Å²) in [6, 6.07) is 5.45. The van der Waals surface area contributed by atoms with Crippen molar-refractivity contribution in [2.24, 2.45) is 5.92 Å². The van der Waals surface area contributed by atoms with E-state index in [2.05, 4.69) is 21.2 Å². The van der Waals surface area contributed by atoms with Crippen molar-refractivity contribution >= 4 is 44.0 Å². The van der Waals surface area contributed by atoms with Crippen molar-refractivity contribution in [1.82, 2.24) is 9.62 Å². The van der Waals surface area contributed by atoms with Crippen LogP contribution in [0.1, 0.15) is 12.8 Å². The second-order valence-corrected chi connectivity index (χ2v) is 8.70. The van der Waals surface area contributed by atoms with E-state index in [1.54, 1.807) is 16.4 Å². The van der Waals surface area contributed by atoms with Crippen LogP contribution >= 0.6 is 28.3 Å². The number of piperidine rings is 1. The third kappa shape index (κ3) is 4.82. The Bertz CT molecular complexity index is 623. The lowest BCUT2D eigenvalue weighted by molar-refractivity contribution is 0.263. The zero-order chi connectivity index (χ0) is 16.3. The zero-order valence-electron chi connectivity index (χ0n) is 13.8. The zero-order valence-corrected chi connectivity index (χ0v) is 17.0. The molecule has 8 heteroatoms. The maximum atomic E-state index is 13.0. The summed E-state index contributed by atoms with van der Waals surface area (Å²) in [7, 11) is 2.25. The Morgan fingerprint density at radius 3 is 2.70 bits per heavy atom. The number of benzene rings is 1. The standard InChI is InChI=1S/C15H24BrN3O2S.ClH/c1-17-10-12-5-4-8-19(11-12)22(20,21)15-9-13(18(2)3)6-7-14(15)16;/h6-7,9,12,17H,4-5,8,10-11H2,1-3H3;1H. The number of sulfonamides is 1. The van der Waals surface area contributed by atoms with Crippen LogP contribution in [0.3, 0.4) is 0 Å². The molecule has 5 nitrogen and oxygen atoms in total. The molecule has 1 unspecified atom stereocenters. The average Bonchev–Trinajstić information content (AvgIpc) is 2.48. The van der Waals surface area contributed by atoms with Crippen molar-refractivity contribution in [2.45, 2.75) is 17.7 Å². The van der Waals surface area contributed by atoms with E-state index in [0.29, 0.717) is 28.4 Å². The molecule has 1 heterocycles. The van der Waals surface area contributed by atoms with Gasteiger partial charge in [-0.3, -0.25) is 0 Å². The summed E-state index contributed by atoms with van der Waals surface area (Å²) in [6.45, 7) is 2.04. The molecule has 0 aromatic heterocycles. The molecule has 1 aliphatic heterocycles. The number of hydrogen-bond acceptors (Lipinski definition) is 4. The quantitative estimate of drug-likeness (QED) is 0.786. The predicted octanol–water partition coefficient (Wildman–Crippen LogP) is 2.56. The summed E-state index contributed by atoms with van der Waals surface area (Å²) in [5, 5.41) is 3.15. The number of nitrogens with zero attached hydrogens (tertiary/aromatic N) is 2. The molecule has 1 N–H and O–H groups in total. The number of anilines is 1.